The molecule has 1 heterocycles. The van der Waals surface area contributed by atoms with E-state index in [1.54, 1.807) is 30.3 Å². The molecule has 0 saturated heterocycles. The van der Waals surface area contributed by atoms with Gasteiger partial charge in [-0.05, 0) is 48.4 Å². The van der Waals surface area contributed by atoms with Crippen molar-refractivity contribution >= 4 is 24.0 Å². The average molecular weight is 498 g/mol. The Morgan fingerprint density at radius 1 is 0.861 bits per heavy atom. The summed E-state index contributed by atoms with van der Waals surface area (Å²) in [4.78, 5) is 35.6. The summed E-state index contributed by atoms with van der Waals surface area (Å²) < 4.78 is 10.2. The van der Waals surface area contributed by atoms with E-state index < -0.39 is 11.9 Å². The quantitative estimate of drug-likeness (QED) is 0.0894. The Bertz CT molecular complexity index is 923. The first-order valence-electron chi connectivity index (χ1n) is 13.0. The second-order valence-electron chi connectivity index (χ2n) is 8.79. The lowest BCUT2D eigenvalue weighted by molar-refractivity contribution is -0.126. The van der Waals surface area contributed by atoms with Crippen LogP contribution >= 0.6 is 0 Å². The highest BCUT2D eigenvalue weighted by Gasteiger charge is 2.11. The summed E-state index contributed by atoms with van der Waals surface area (Å²) >= 11 is 0. The molecule has 0 aliphatic carbocycles. The summed E-state index contributed by atoms with van der Waals surface area (Å²) in [6.07, 6.45) is 16.9. The number of furan rings is 1. The van der Waals surface area contributed by atoms with Crippen LogP contribution in [0.25, 0.3) is 0 Å². The highest BCUT2D eigenvalue weighted by Crippen LogP contribution is 2.14. The smallest absolute Gasteiger partial charge is 0.379 e. The lowest BCUT2D eigenvalue weighted by Gasteiger charge is -2.05. The number of ether oxygens (including phenoxy) is 1. The summed E-state index contributed by atoms with van der Waals surface area (Å²) in [6, 6.07) is 9.73. The van der Waals surface area contributed by atoms with Crippen LogP contribution in [-0.4, -0.2) is 30.5 Å². The minimum atomic E-state index is -0.584. The van der Waals surface area contributed by atoms with E-state index in [2.05, 4.69) is 22.8 Å². The van der Waals surface area contributed by atoms with Gasteiger partial charge >= 0.3 is 5.97 Å². The molecular weight excluding hydrogens is 458 g/mol. The number of esters is 1. The molecule has 2 amide bonds. The first kappa shape index (κ1) is 28.8. The van der Waals surface area contributed by atoms with Crippen molar-refractivity contribution in [2.75, 3.05) is 6.54 Å². The third-order valence-electron chi connectivity index (χ3n) is 5.67. The maximum atomic E-state index is 11.9. The zero-order valence-electron chi connectivity index (χ0n) is 21.3. The van der Waals surface area contributed by atoms with Gasteiger partial charge in [0.1, 0.15) is 5.75 Å². The third-order valence-corrected chi connectivity index (χ3v) is 5.67. The van der Waals surface area contributed by atoms with E-state index in [4.69, 9.17) is 9.15 Å². The molecule has 2 aromatic rings. The van der Waals surface area contributed by atoms with Crippen molar-refractivity contribution in [3.8, 4) is 5.75 Å². The molecule has 0 spiro atoms. The molecule has 0 fully saturated rings. The Hall–Kier alpha value is -3.42. The standard InChI is InChI=1S/C28H39N3O5/c1-2-3-4-5-6-7-8-9-10-11-12-15-26(32)29-22-27(33)31-30-21-23-16-18-24(19-17-23)36-28(34)25-14-13-20-35-25/h13-14,16-21H,2-12,15,22H2,1H3,(H,29,32)(H,31,33). The minimum absolute atomic E-state index is 0.115. The van der Waals surface area contributed by atoms with E-state index in [1.807, 2.05) is 0 Å². The number of rotatable bonds is 18. The molecule has 2 N–H and O–H groups in total. The van der Waals surface area contributed by atoms with Gasteiger partial charge in [-0.15, -0.1) is 0 Å². The number of nitrogens with zero attached hydrogens (tertiary/aromatic N) is 1. The Morgan fingerprint density at radius 3 is 2.11 bits per heavy atom. The highest BCUT2D eigenvalue weighted by atomic mass is 16.5. The molecule has 0 bridgehead atoms. The summed E-state index contributed by atoms with van der Waals surface area (Å²) in [5.74, 6) is -0.626. The van der Waals surface area contributed by atoms with Crippen molar-refractivity contribution in [2.24, 2.45) is 5.10 Å². The SMILES string of the molecule is CCCCCCCCCCCCCC(=O)NCC(=O)NN=Cc1ccc(OC(=O)c2ccco2)cc1. The van der Waals surface area contributed by atoms with Crippen molar-refractivity contribution in [3.05, 3.63) is 54.0 Å². The van der Waals surface area contributed by atoms with Gasteiger partial charge in [0.2, 0.25) is 11.7 Å². The molecule has 1 aromatic carbocycles. The number of amides is 2. The molecule has 0 radical (unpaired) electrons. The largest absolute Gasteiger partial charge is 0.457 e. The Morgan fingerprint density at radius 2 is 1.50 bits per heavy atom. The van der Waals surface area contributed by atoms with Crippen LogP contribution in [0.2, 0.25) is 0 Å². The first-order chi connectivity index (χ1) is 17.6. The van der Waals surface area contributed by atoms with Crippen molar-refractivity contribution < 1.29 is 23.5 Å². The maximum Gasteiger partial charge on any atom is 0.379 e. The second-order valence-corrected chi connectivity index (χ2v) is 8.79. The molecule has 0 aliphatic rings. The molecule has 0 atom stereocenters. The van der Waals surface area contributed by atoms with Gasteiger partial charge in [0, 0.05) is 6.42 Å². The number of benzene rings is 1. The average Bonchev–Trinajstić information content (AvgIpc) is 3.42. The summed E-state index contributed by atoms with van der Waals surface area (Å²) in [5.41, 5.74) is 3.08. The minimum Gasteiger partial charge on any atom is -0.457 e. The highest BCUT2D eigenvalue weighted by molar-refractivity contribution is 5.88. The molecule has 1 aromatic heterocycles. The van der Waals surface area contributed by atoms with Crippen LogP contribution in [-0.2, 0) is 9.59 Å². The maximum absolute atomic E-state index is 11.9. The van der Waals surface area contributed by atoms with E-state index in [0.29, 0.717) is 17.7 Å². The van der Waals surface area contributed by atoms with Crippen LogP contribution in [0.15, 0.2) is 52.2 Å². The van der Waals surface area contributed by atoms with Crippen LogP contribution < -0.4 is 15.5 Å². The topological polar surface area (TPSA) is 110 Å². The molecular formula is C28H39N3O5. The Balaban J connectivity index is 1.49. The number of unbranched alkanes of at least 4 members (excludes halogenated alkanes) is 10. The number of hydrogen-bond donors (Lipinski definition) is 2. The summed E-state index contributed by atoms with van der Waals surface area (Å²) in [7, 11) is 0. The molecule has 36 heavy (non-hydrogen) atoms. The van der Waals surface area contributed by atoms with Gasteiger partial charge in [0.05, 0.1) is 19.0 Å². The van der Waals surface area contributed by atoms with E-state index >= 15 is 0 Å². The summed E-state index contributed by atoms with van der Waals surface area (Å²) in [6.45, 7) is 2.12. The monoisotopic (exact) mass is 497 g/mol. The fraction of sp³-hybridized carbons (Fsp3) is 0.500. The zero-order chi connectivity index (χ0) is 25.8. The first-order valence-corrected chi connectivity index (χ1v) is 13.0. The fourth-order valence-corrected chi connectivity index (χ4v) is 3.61. The Labute approximate surface area is 213 Å². The number of carbonyl (C=O) groups excluding carboxylic acids is 3. The van der Waals surface area contributed by atoms with E-state index in [0.717, 1.165) is 19.3 Å². The third kappa shape index (κ3) is 12.9. The normalized spacial score (nSPS) is 10.9. The van der Waals surface area contributed by atoms with Gasteiger partial charge in [-0.1, -0.05) is 71.1 Å². The van der Waals surface area contributed by atoms with Crippen LogP contribution in [0.3, 0.4) is 0 Å². The van der Waals surface area contributed by atoms with Gasteiger partial charge in [-0.25, -0.2) is 10.2 Å². The van der Waals surface area contributed by atoms with Gasteiger partial charge in [-0.2, -0.15) is 5.10 Å². The Kier molecular flexibility index (Phi) is 14.4. The van der Waals surface area contributed by atoms with Gasteiger partial charge in [0.15, 0.2) is 0 Å². The van der Waals surface area contributed by atoms with Crippen LogP contribution in [0, 0.1) is 0 Å². The van der Waals surface area contributed by atoms with Gasteiger partial charge in [-0.3, -0.25) is 9.59 Å². The molecule has 0 saturated carbocycles. The lowest BCUT2D eigenvalue weighted by Crippen LogP contribution is -2.34. The molecule has 196 valence electrons. The lowest BCUT2D eigenvalue weighted by atomic mass is 10.1. The number of nitrogens with one attached hydrogen (secondary N) is 2. The second kappa shape index (κ2) is 17.9. The van der Waals surface area contributed by atoms with E-state index in [-0.39, 0.29) is 18.2 Å². The fourth-order valence-electron chi connectivity index (χ4n) is 3.61. The molecule has 0 aliphatic heterocycles. The predicted octanol–water partition coefficient (Wildman–Crippen LogP) is 5.77. The number of carbonyl (C=O) groups is 3. The zero-order valence-corrected chi connectivity index (χ0v) is 21.3. The van der Waals surface area contributed by atoms with Gasteiger partial charge < -0.3 is 14.5 Å². The van der Waals surface area contributed by atoms with Crippen LogP contribution in [0.4, 0.5) is 0 Å². The van der Waals surface area contributed by atoms with Crippen molar-refractivity contribution in [3.63, 3.8) is 0 Å². The van der Waals surface area contributed by atoms with E-state index in [1.165, 1.54) is 69.9 Å². The van der Waals surface area contributed by atoms with Gasteiger partial charge in [0.25, 0.3) is 5.91 Å². The molecule has 8 nitrogen and oxygen atoms in total. The summed E-state index contributed by atoms with van der Waals surface area (Å²) in [5, 5.41) is 6.51. The molecule has 2 rings (SSSR count). The number of hydrazone groups is 1. The predicted molar refractivity (Wildman–Crippen MR) is 140 cm³/mol. The number of hydrogen-bond acceptors (Lipinski definition) is 6. The molecule has 8 heteroatoms. The van der Waals surface area contributed by atoms with Crippen molar-refractivity contribution in [1.82, 2.24) is 10.7 Å². The molecule has 0 unspecified atom stereocenters. The van der Waals surface area contributed by atoms with Crippen molar-refractivity contribution in [2.45, 2.75) is 84.0 Å². The van der Waals surface area contributed by atoms with Crippen LogP contribution in [0.1, 0.15) is 100 Å². The van der Waals surface area contributed by atoms with Crippen molar-refractivity contribution in [1.29, 1.82) is 0 Å². The van der Waals surface area contributed by atoms with E-state index in [9.17, 15) is 14.4 Å². The van der Waals surface area contributed by atoms with Crippen LogP contribution in [0.5, 0.6) is 5.75 Å².